The fourth-order valence-corrected chi connectivity index (χ4v) is 4.58. The van der Waals surface area contributed by atoms with Crippen molar-refractivity contribution in [2.24, 2.45) is 5.92 Å². The predicted molar refractivity (Wildman–Crippen MR) is 89.9 cm³/mol. The number of carbonyl (C=O) groups is 3. The zero-order chi connectivity index (χ0) is 17.1. The minimum absolute atomic E-state index is 0.0555. The van der Waals surface area contributed by atoms with Crippen molar-refractivity contribution < 1.29 is 19.5 Å². The molecular weight excluding hydrogens is 328 g/mol. The summed E-state index contributed by atoms with van der Waals surface area (Å²) in [5.74, 6) is -0.970. The van der Waals surface area contributed by atoms with Gasteiger partial charge >= 0.3 is 5.97 Å². The van der Waals surface area contributed by atoms with Gasteiger partial charge in [0.2, 0.25) is 5.91 Å². The number of carboxylic acid groups (broad SMARTS) is 1. The van der Waals surface area contributed by atoms with Gasteiger partial charge in [-0.1, -0.05) is 12.8 Å². The normalized spacial score (nSPS) is 26.0. The quantitative estimate of drug-likeness (QED) is 0.851. The molecule has 2 aliphatic rings. The van der Waals surface area contributed by atoms with Crippen LogP contribution in [0.3, 0.4) is 0 Å². The molecule has 130 valence electrons. The van der Waals surface area contributed by atoms with Crippen molar-refractivity contribution in [3.63, 3.8) is 0 Å². The van der Waals surface area contributed by atoms with Crippen molar-refractivity contribution in [2.75, 3.05) is 6.54 Å². The van der Waals surface area contributed by atoms with E-state index >= 15 is 0 Å². The molecule has 2 fully saturated rings. The first-order chi connectivity index (χ1) is 11.6. The Labute approximate surface area is 144 Å². The van der Waals surface area contributed by atoms with Crippen molar-refractivity contribution in [3.05, 3.63) is 22.4 Å². The zero-order valence-corrected chi connectivity index (χ0v) is 14.3. The summed E-state index contributed by atoms with van der Waals surface area (Å²) < 4.78 is 0. The molecule has 3 rings (SSSR count). The monoisotopic (exact) mass is 350 g/mol. The summed E-state index contributed by atoms with van der Waals surface area (Å²) in [6.07, 6.45) is 4.77. The second kappa shape index (κ2) is 7.34. The number of carboxylic acids is 1. The van der Waals surface area contributed by atoms with Gasteiger partial charge < -0.3 is 15.3 Å². The summed E-state index contributed by atoms with van der Waals surface area (Å²) in [7, 11) is 0. The topological polar surface area (TPSA) is 86.7 Å². The fraction of sp³-hybridized carbons (Fsp3) is 0.588. The van der Waals surface area contributed by atoms with E-state index in [1.807, 2.05) is 5.38 Å². The molecule has 1 aliphatic heterocycles. The molecule has 7 heteroatoms. The Morgan fingerprint density at radius 2 is 2.08 bits per heavy atom. The van der Waals surface area contributed by atoms with E-state index in [1.165, 1.54) is 11.3 Å². The van der Waals surface area contributed by atoms with Crippen LogP contribution in [-0.4, -0.2) is 46.4 Å². The number of hydrogen-bond donors (Lipinski definition) is 2. The van der Waals surface area contributed by atoms with Gasteiger partial charge in [-0.25, -0.2) is 4.79 Å². The van der Waals surface area contributed by atoms with Crippen LogP contribution in [0, 0.1) is 5.92 Å². The Morgan fingerprint density at radius 1 is 1.29 bits per heavy atom. The van der Waals surface area contributed by atoms with Gasteiger partial charge in [0.15, 0.2) is 0 Å². The van der Waals surface area contributed by atoms with E-state index in [4.69, 9.17) is 0 Å². The maximum Gasteiger partial charge on any atom is 0.326 e. The number of thiophene rings is 1. The largest absolute Gasteiger partial charge is 0.480 e. The number of fused-ring (bicyclic) bond motifs is 1. The molecule has 0 spiro atoms. The van der Waals surface area contributed by atoms with Crippen LogP contribution < -0.4 is 5.32 Å². The van der Waals surface area contributed by atoms with E-state index in [0.29, 0.717) is 17.9 Å². The van der Waals surface area contributed by atoms with Gasteiger partial charge in [-0.3, -0.25) is 9.59 Å². The smallest absolute Gasteiger partial charge is 0.326 e. The standard InChI is InChI=1S/C17H22N2O4S/c20-15(5-7-18-16(21)12-6-8-24-10-12)19-13-4-2-1-3-11(13)9-14(19)17(22)23/h6,8,10-11,13-14H,1-5,7,9H2,(H,18,21)(H,22,23). The Balaban J connectivity index is 1.58. The fourth-order valence-electron chi connectivity index (χ4n) is 3.95. The van der Waals surface area contributed by atoms with Crippen molar-refractivity contribution in [1.29, 1.82) is 0 Å². The maximum absolute atomic E-state index is 12.6. The number of nitrogens with one attached hydrogen (secondary N) is 1. The molecule has 3 atom stereocenters. The van der Waals surface area contributed by atoms with E-state index in [1.54, 1.807) is 16.3 Å². The van der Waals surface area contributed by atoms with Crippen LogP contribution in [0.25, 0.3) is 0 Å². The molecule has 2 N–H and O–H groups in total. The van der Waals surface area contributed by atoms with Crippen LogP contribution in [0.15, 0.2) is 16.8 Å². The molecule has 3 unspecified atom stereocenters. The summed E-state index contributed by atoms with van der Waals surface area (Å²) in [6, 6.07) is 1.08. The van der Waals surface area contributed by atoms with Crippen LogP contribution in [0.2, 0.25) is 0 Å². The van der Waals surface area contributed by atoms with E-state index in [0.717, 1.165) is 25.7 Å². The van der Waals surface area contributed by atoms with Crippen molar-refractivity contribution in [1.82, 2.24) is 10.2 Å². The molecule has 1 aromatic heterocycles. The van der Waals surface area contributed by atoms with Gasteiger partial charge in [0.25, 0.3) is 5.91 Å². The van der Waals surface area contributed by atoms with Gasteiger partial charge in [-0.05, 0) is 36.6 Å². The Hall–Kier alpha value is -1.89. The van der Waals surface area contributed by atoms with E-state index < -0.39 is 12.0 Å². The van der Waals surface area contributed by atoms with Crippen LogP contribution in [0.1, 0.15) is 48.9 Å². The van der Waals surface area contributed by atoms with Crippen LogP contribution >= 0.6 is 11.3 Å². The molecular formula is C17H22N2O4S. The molecule has 1 aliphatic carbocycles. The number of likely N-dealkylation sites (tertiary alicyclic amines) is 1. The summed E-state index contributed by atoms with van der Waals surface area (Å²) in [6.45, 7) is 0.230. The average Bonchev–Trinajstić information content (AvgIpc) is 3.22. The number of nitrogens with zero attached hydrogens (tertiary/aromatic N) is 1. The van der Waals surface area contributed by atoms with E-state index in [2.05, 4.69) is 5.32 Å². The van der Waals surface area contributed by atoms with Gasteiger partial charge in [0, 0.05) is 30.0 Å². The van der Waals surface area contributed by atoms with Crippen molar-refractivity contribution in [2.45, 2.75) is 50.6 Å². The second-order valence-electron chi connectivity index (χ2n) is 6.52. The lowest BCUT2D eigenvalue weighted by molar-refractivity contribution is -0.149. The first-order valence-electron chi connectivity index (χ1n) is 8.42. The molecule has 0 bridgehead atoms. The summed E-state index contributed by atoms with van der Waals surface area (Å²) in [4.78, 5) is 37.6. The average molecular weight is 350 g/mol. The predicted octanol–water partition coefficient (Wildman–Crippen LogP) is 2.11. The SMILES string of the molecule is O=C(NCCC(=O)N1C(C(=O)O)CC2CCCCC21)c1ccsc1. The molecule has 2 amide bonds. The third-order valence-electron chi connectivity index (χ3n) is 5.07. The molecule has 24 heavy (non-hydrogen) atoms. The third kappa shape index (κ3) is 3.45. The molecule has 1 aromatic rings. The molecule has 0 radical (unpaired) electrons. The van der Waals surface area contributed by atoms with Crippen LogP contribution in [-0.2, 0) is 9.59 Å². The number of rotatable bonds is 5. The highest BCUT2D eigenvalue weighted by Crippen LogP contribution is 2.40. The minimum atomic E-state index is -0.917. The summed E-state index contributed by atoms with van der Waals surface area (Å²) in [5.41, 5.74) is 0.587. The summed E-state index contributed by atoms with van der Waals surface area (Å²) in [5, 5.41) is 15.8. The zero-order valence-electron chi connectivity index (χ0n) is 13.4. The number of amides is 2. The Bertz CT molecular complexity index is 616. The molecule has 1 saturated carbocycles. The highest BCUT2D eigenvalue weighted by atomic mass is 32.1. The lowest BCUT2D eigenvalue weighted by atomic mass is 9.84. The van der Waals surface area contributed by atoms with E-state index in [9.17, 15) is 19.5 Å². The van der Waals surface area contributed by atoms with E-state index in [-0.39, 0.29) is 30.8 Å². The molecule has 0 aromatic carbocycles. The van der Waals surface area contributed by atoms with Gasteiger partial charge in [-0.15, -0.1) is 0 Å². The first kappa shape index (κ1) is 17.0. The lowest BCUT2D eigenvalue weighted by Crippen LogP contribution is -2.47. The van der Waals surface area contributed by atoms with Crippen LogP contribution in [0.5, 0.6) is 0 Å². The minimum Gasteiger partial charge on any atom is -0.480 e. The van der Waals surface area contributed by atoms with Gasteiger partial charge in [-0.2, -0.15) is 11.3 Å². The van der Waals surface area contributed by atoms with Crippen molar-refractivity contribution in [3.8, 4) is 0 Å². The molecule has 6 nitrogen and oxygen atoms in total. The first-order valence-corrected chi connectivity index (χ1v) is 9.36. The summed E-state index contributed by atoms with van der Waals surface area (Å²) >= 11 is 1.44. The van der Waals surface area contributed by atoms with Crippen molar-refractivity contribution >= 4 is 29.1 Å². The Kier molecular flexibility index (Phi) is 5.18. The second-order valence-corrected chi connectivity index (χ2v) is 7.30. The van der Waals surface area contributed by atoms with Crippen LogP contribution in [0.4, 0.5) is 0 Å². The number of carbonyl (C=O) groups excluding carboxylic acids is 2. The molecule has 1 saturated heterocycles. The highest BCUT2D eigenvalue weighted by Gasteiger charge is 2.47. The molecule has 2 heterocycles. The van der Waals surface area contributed by atoms with Gasteiger partial charge in [0.05, 0.1) is 0 Å². The van der Waals surface area contributed by atoms with Gasteiger partial charge in [0.1, 0.15) is 6.04 Å². The third-order valence-corrected chi connectivity index (χ3v) is 5.75. The lowest BCUT2D eigenvalue weighted by Gasteiger charge is -2.33. The number of hydrogen-bond acceptors (Lipinski definition) is 4. The highest BCUT2D eigenvalue weighted by molar-refractivity contribution is 7.08. The number of aliphatic carboxylic acids is 1. The maximum atomic E-state index is 12.6. The Morgan fingerprint density at radius 3 is 2.79 bits per heavy atom.